The molecule has 0 N–H and O–H groups in total. The van der Waals surface area contributed by atoms with Crippen LogP contribution in [0, 0.1) is 0 Å². The number of ether oxygens (including phenoxy) is 2. The number of aromatic nitrogens is 2. The van der Waals surface area contributed by atoms with Crippen molar-refractivity contribution in [1.29, 1.82) is 0 Å². The maximum Gasteiger partial charge on any atom is 0.232 e. The highest BCUT2D eigenvalue weighted by molar-refractivity contribution is 5.45. The fourth-order valence-electron chi connectivity index (χ4n) is 2.22. The van der Waals surface area contributed by atoms with Crippen LogP contribution in [-0.4, -0.2) is 24.2 Å². The molecular weight excluding hydrogens is 242 g/mol. The average Bonchev–Trinajstić information content (AvgIpc) is 2.90. The highest BCUT2D eigenvalue weighted by Gasteiger charge is 2.21. The number of fused-ring (bicyclic) bond motifs is 1. The number of anilines is 1. The second kappa shape index (κ2) is 4.76. The molecule has 0 saturated carbocycles. The second-order valence-electron chi connectivity index (χ2n) is 4.38. The Labute approximate surface area is 111 Å². The molecule has 0 fully saturated rings. The summed E-state index contributed by atoms with van der Waals surface area (Å²) < 4.78 is 10.4. The first-order valence-corrected chi connectivity index (χ1v) is 6.09. The van der Waals surface area contributed by atoms with Gasteiger partial charge in [0.15, 0.2) is 0 Å². The van der Waals surface area contributed by atoms with E-state index < -0.39 is 0 Å². The molecule has 19 heavy (non-hydrogen) atoms. The van der Waals surface area contributed by atoms with Crippen molar-refractivity contribution >= 4 is 5.95 Å². The van der Waals surface area contributed by atoms with E-state index in [9.17, 15) is 0 Å². The highest BCUT2D eigenvalue weighted by atomic mass is 16.5. The number of nitrogens with zero attached hydrogens (tertiary/aromatic N) is 3. The molecule has 1 aliphatic rings. The van der Waals surface area contributed by atoms with Gasteiger partial charge in [-0.1, -0.05) is 24.3 Å². The molecular formula is C14H15N3O2. The summed E-state index contributed by atoms with van der Waals surface area (Å²) in [7, 11) is 3.18. The van der Waals surface area contributed by atoms with Crippen LogP contribution in [0.25, 0.3) is 0 Å². The van der Waals surface area contributed by atoms with E-state index in [2.05, 4.69) is 39.1 Å². The molecule has 1 aromatic heterocycles. The summed E-state index contributed by atoms with van der Waals surface area (Å²) in [5.74, 6) is 1.66. The normalized spacial score (nSPS) is 13.3. The molecule has 1 aliphatic heterocycles. The predicted octanol–water partition coefficient (Wildman–Crippen LogP) is 2.01. The van der Waals surface area contributed by atoms with Gasteiger partial charge >= 0.3 is 0 Å². The van der Waals surface area contributed by atoms with Gasteiger partial charge < -0.3 is 14.4 Å². The van der Waals surface area contributed by atoms with Crippen molar-refractivity contribution in [2.75, 3.05) is 19.1 Å². The van der Waals surface area contributed by atoms with Gasteiger partial charge in [-0.05, 0) is 11.1 Å². The Balaban J connectivity index is 1.92. The third-order valence-electron chi connectivity index (χ3n) is 3.21. The molecule has 0 unspecified atom stereocenters. The van der Waals surface area contributed by atoms with Gasteiger partial charge in [-0.25, -0.2) is 0 Å². The first-order valence-electron chi connectivity index (χ1n) is 6.09. The summed E-state index contributed by atoms with van der Waals surface area (Å²) in [6.45, 7) is 1.62. The van der Waals surface area contributed by atoms with E-state index in [-0.39, 0.29) is 0 Å². The van der Waals surface area contributed by atoms with Crippen LogP contribution in [0.5, 0.6) is 11.8 Å². The van der Waals surface area contributed by atoms with E-state index >= 15 is 0 Å². The Morgan fingerprint density at radius 2 is 1.47 bits per heavy atom. The van der Waals surface area contributed by atoms with Crippen molar-refractivity contribution < 1.29 is 9.47 Å². The van der Waals surface area contributed by atoms with Crippen molar-refractivity contribution in [1.82, 2.24) is 9.97 Å². The van der Waals surface area contributed by atoms with Gasteiger partial charge in [-0.3, -0.25) is 0 Å². The van der Waals surface area contributed by atoms with E-state index in [1.807, 2.05) is 0 Å². The standard InChI is InChI=1S/C14H15N3O2/c1-18-12-7-13(19-2)16-14(15-12)17-8-10-5-3-4-6-11(10)9-17/h3-7H,8-9H2,1-2H3. The van der Waals surface area contributed by atoms with Crippen molar-refractivity contribution in [2.45, 2.75) is 13.1 Å². The molecule has 0 aliphatic carbocycles. The Hall–Kier alpha value is -2.30. The lowest BCUT2D eigenvalue weighted by Gasteiger charge is -2.16. The lowest BCUT2D eigenvalue weighted by Crippen LogP contribution is -2.18. The van der Waals surface area contributed by atoms with Gasteiger partial charge in [0, 0.05) is 13.1 Å². The number of benzene rings is 1. The largest absolute Gasteiger partial charge is 0.481 e. The average molecular weight is 257 g/mol. The van der Waals surface area contributed by atoms with E-state index in [1.54, 1.807) is 20.3 Å². The molecule has 5 heteroatoms. The molecule has 2 aromatic rings. The lowest BCUT2D eigenvalue weighted by molar-refractivity contribution is 0.371. The molecule has 1 aromatic carbocycles. The zero-order chi connectivity index (χ0) is 13.2. The molecule has 0 saturated heterocycles. The summed E-state index contributed by atoms with van der Waals surface area (Å²) in [5.41, 5.74) is 2.63. The summed E-state index contributed by atoms with van der Waals surface area (Å²) in [5, 5.41) is 0. The van der Waals surface area contributed by atoms with Gasteiger partial charge in [0.2, 0.25) is 17.7 Å². The maximum absolute atomic E-state index is 5.18. The molecule has 2 heterocycles. The van der Waals surface area contributed by atoms with Crippen molar-refractivity contribution in [2.24, 2.45) is 0 Å². The van der Waals surface area contributed by atoms with Crippen LogP contribution in [0.1, 0.15) is 11.1 Å². The first-order chi connectivity index (χ1) is 9.30. The summed E-state index contributed by atoms with van der Waals surface area (Å²) in [6.07, 6.45) is 0. The quantitative estimate of drug-likeness (QED) is 0.841. The monoisotopic (exact) mass is 257 g/mol. The third-order valence-corrected chi connectivity index (χ3v) is 3.21. The van der Waals surface area contributed by atoms with Gasteiger partial charge in [0.1, 0.15) is 0 Å². The van der Waals surface area contributed by atoms with Crippen LogP contribution in [0.2, 0.25) is 0 Å². The summed E-state index contributed by atoms with van der Waals surface area (Å²) in [4.78, 5) is 10.9. The number of rotatable bonds is 3. The Morgan fingerprint density at radius 3 is 1.95 bits per heavy atom. The van der Waals surface area contributed by atoms with Crippen LogP contribution < -0.4 is 14.4 Å². The van der Waals surface area contributed by atoms with Crippen LogP contribution in [0.3, 0.4) is 0 Å². The van der Waals surface area contributed by atoms with E-state index in [4.69, 9.17) is 9.47 Å². The van der Waals surface area contributed by atoms with Crippen LogP contribution in [-0.2, 0) is 13.1 Å². The minimum atomic E-state index is 0.512. The SMILES string of the molecule is COc1cc(OC)nc(N2Cc3ccccc3C2)n1. The molecule has 0 radical (unpaired) electrons. The van der Waals surface area contributed by atoms with E-state index in [1.165, 1.54) is 11.1 Å². The molecule has 0 amide bonds. The third kappa shape index (κ3) is 2.19. The fraction of sp³-hybridized carbons (Fsp3) is 0.286. The Kier molecular flexibility index (Phi) is 2.95. The highest BCUT2D eigenvalue weighted by Crippen LogP contribution is 2.28. The summed E-state index contributed by atoms with van der Waals surface area (Å²) >= 11 is 0. The number of hydrogen-bond acceptors (Lipinski definition) is 5. The van der Waals surface area contributed by atoms with Crippen LogP contribution in [0.4, 0.5) is 5.95 Å². The lowest BCUT2D eigenvalue weighted by atomic mass is 10.1. The van der Waals surface area contributed by atoms with Crippen molar-refractivity contribution in [3.05, 3.63) is 41.5 Å². The molecule has 5 nitrogen and oxygen atoms in total. The van der Waals surface area contributed by atoms with Gasteiger partial charge in [0.25, 0.3) is 0 Å². The Bertz CT molecular complexity index is 554. The minimum Gasteiger partial charge on any atom is -0.481 e. The van der Waals surface area contributed by atoms with Crippen molar-refractivity contribution in [3.8, 4) is 11.8 Å². The van der Waals surface area contributed by atoms with Crippen LogP contribution >= 0.6 is 0 Å². The van der Waals surface area contributed by atoms with Crippen molar-refractivity contribution in [3.63, 3.8) is 0 Å². The number of methoxy groups -OCH3 is 2. The van der Waals surface area contributed by atoms with E-state index in [0.29, 0.717) is 17.7 Å². The molecule has 3 rings (SSSR count). The van der Waals surface area contributed by atoms with Gasteiger partial charge in [-0.2, -0.15) is 9.97 Å². The van der Waals surface area contributed by atoms with E-state index in [0.717, 1.165) is 13.1 Å². The second-order valence-corrected chi connectivity index (χ2v) is 4.38. The zero-order valence-electron chi connectivity index (χ0n) is 11.0. The maximum atomic E-state index is 5.18. The number of hydrogen-bond donors (Lipinski definition) is 0. The van der Waals surface area contributed by atoms with Gasteiger partial charge in [-0.15, -0.1) is 0 Å². The minimum absolute atomic E-state index is 0.512. The van der Waals surface area contributed by atoms with Gasteiger partial charge in [0.05, 0.1) is 20.3 Å². The van der Waals surface area contributed by atoms with Crippen LogP contribution in [0.15, 0.2) is 30.3 Å². The zero-order valence-corrected chi connectivity index (χ0v) is 11.0. The smallest absolute Gasteiger partial charge is 0.232 e. The predicted molar refractivity (Wildman–Crippen MR) is 71.5 cm³/mol. The molecule has 0 spiro atoms. The molecule has 0 bridgehead atoms. The fourth-order valence-corrected chi connectivity index (χ4v) is 2.22. The Morgan fingerprint density at radius 1 is 0.947 bits per heavy atom. The first kappa shape index (κ1) is 11.8. The molecule has 98 valence electrons. The molecule has 0 atom stereocenters. The topological polar surface area (TPSA) is 47.5 Å². The summed E-state index contributed by atoms with van der Waals surface area (Å²) in [6, 6.07) is 10.0.